The van der Waals surface area contributed by atoms with Crippen molar-refractivity contribution in [2.45, 2.75) is 38.5 Å². The fourth-order valence-corrected chi connectivity index (χ4v) is 3.42. The number of ether oxygens (including phenoxy) is 1. The number of fused-ring (bicyclic) bond motifs is 1. The summed E-state index contributed by atoms with van der Waals surface area (Å²) in [5, 5.41) is 13.6. The van der Waals surface area contributed by atoms with Gasteiger partial charge in [-0.3, -0.25) is 9.59 Å². The first-order chi connectivity index (χ1) is 12.6. The highest BCUT2D eigenvalue weighted by Gasteiger charge is 2.43. The number of carbonyl (C=O) groups is 2. The summed E-state index contributed by atoms with van der Waals surface area (Å²) in [6.07, 6.45) is -1.06. The molecule has 5 nitrogen and oxygen atoms in total. The third kappa shape index (κ3) is 3.75. The van der Waals surface area contributed by atoms with Crippen LogP contribution in [0.1, 0.15) is 53.1 Å². The van der Waals surface area contributed by atoms with E-state index < -0.39 is 29.5 Å². The molecule has 2 N–H and O–H groups in total. The summed E-state index contributed by atoms with van der Waals surface area (Å²) < 4.78 is 19.5. The maximum Gasteiger partial charge on any atom is 0.251 e. The zero-order valence-corrected chi connectivity index (χ0v) is 16.6. The monoisotopic (exact) mass is 435 g/mol. The van der Waals surface area contributed by atoms with Crippen molar-refractivity contribution in [3.8, 4) is 5.75 Å². The average Bonchev–Trinajstić information content (AvgIpc) is 2.60. The molecule has 0 radical (unpaired) electrons. The molecule has 7 heteroatoms. The van der Waals surface area contributed by atoms with E-state index in [-0.39, 0.29) is 15.8 Å². The number of hydrogen-bond acceptors (Lipinski definition) is 4. The van der Waals surface area contributed by atoms with Crippen molar-refractivity contribution in [3.05, 3.63) is 63.4 Å². The van der Waals surface area contributed by atoms with Gasteiger partial charge in [0.15, 0.2) is 5.78 Å². The molecule has 0 bridgehead atoms. The van der Waals surface area contributed by atoms with E-state index in [2.05, 4.69) is 21.2 Å². The van der Waals surface area contributed by atoms with Gasteiger partial charge in [0.25, 0.3) is 5.91 Å². The van der Waals surface area contributed by atoms with Crippen LogP contribution in [0.25, 0.3) is 0 Å². The minimum Gasteiger partial charge on any atom is -0.485 e. The third-order valence-electron chi connectivity index (χ3n) is 4.62. The molecule has 0 saturated heterocycles. The summed E-state index contributed by atoms with van der Waals surface area (Å²) in [4.78, 5) is 24.4. The number of halogens is 2. The molecule has 27 heavy (non-hydrogen) atoms. The summed E-state index contributed by atoms with van der Waals surface area (Å²) >= 11 is 3.06. The van der Waals surface area contributed by atoms with Gasteiger partial charge in [-0.15, -0.1) is 0 Å². The Labute approximate surface area is 164 Å². The van der Waals surface area contributed by atoms with Crippen molar-refractivity contribution in [2.75, 3.05) is 0 Å². The highest BCUT2D eigenvalue weighted by molar-refractivity contribution is 9.10. The second-order valence-corrected chi connectivity index (χ2v) is 7.89. The number of carbonyl (C=O) groups excluding carboxylic acids is 2. The predicted molar refractivity (Wildman–Crippen MR) is 101 cm³/mol. The second kappa shape index (κ2) is 7.05. The Hall–Kier alpha value is -2.25. The Morgan fingerprint density at radius 3 is 2.48 bits per heavy atom. The number of ketones is 1. The van der Waals surface area contributed by atoms with Crippen LogP contribution < -0.4 is 10.1 Å². The average molecular weight is 436 g/mol. The number of aliphatic hydroxyl groups excluding tert-OH is 1. The first-order valence-corrected chi connectivity index (χ1v) is 9.17. The molecule has 142 valence electrons. The van der Waals surface area contributed by atoms with Gasteiger partial charge in [0.05, 0.1) is 10.5 Å². The minimum absolute atomic E-state index is 0.135. The molecule has 0 unspecified atom stereocenters. The molecule has 0 saturated carbocycles. The minimum atomic E-state index is -1.06. The quantitative estimate of drug-likeness (QED) is 0.718. The fourth-order valence-electron chi connectivity index (χ4n) is 3.04. The predicted octanol–water partition coefficient (Wildman–Crippen LogP) is 3.79. The number of benzene rings is 2. The summed E-state index contributed by atoms with van der Waals surface area (Å²) in [6, 6.07) is 8.04. The molecule has 1 aliphatic heterocycles. The van der Waals surface area contributed by atoms with Gasteiger partial charge in [0, 0.05) is 16.7 Å². The lowest BCUT2D eigenvalue weighted by atomic mass is 9.85. The Morgan fingerprint density at radius 1 is 1.19 bits per heavy atom. The SMILES string of the molecule is CC(=O)c1ccc2c(c1)[C@@H](NC(=O)c1ccc(F)c(Br)c1)[C@H](O)C(C)(C)O2. The number of Topliss-reactive ketones (excluding diaryl/α,β-unsaturated/α-hetero) is 1. The van der Waals surface area contributed by atoms with Crippen LogP contribution in [0.5, 0.6) is 5.75 Å². The maximum atomic E-state index is 13.4. The Kier molecular flexibility index (Phi) is 5.10. The molecule has 2 aromatic carbocycles. The maximum absolute atomic E-state index is 13.4. The first-order valence-electron chi connectivity index (χ1n) is 8.38. The van der Waals surface area contributed by atoms with Crippen molar-refractivity contribution in [3.63, 3.8) is 0 Å². The zero-order valence-electron chi connectivity index (χ0n) is 15.0. The van der Waals surface area contributed by atoms with Crippen molar-refractivity contribution in [2.24, 2.45) is 0 Å². The van der Waals surface area contributed by atoms with Crippen LogP contribution in [0, 0.1) is 5.82 Å². The first kappa shape index (κ1) is 19.5. The second-order valence-electron chi connectivity index (χ2n) is 7.04. The molecule has 0 aromatic heterocycles. The van der Waals surface area contributed by atoms with Crippen molar-refractivity contribution < 1.29 is 23.8 Å². The van der Waals surface area contributed by atoms with E-state index in [4.69, 9.17) is 4.74 Å². The number of hydrogen-bond donors (Lipinski definition) is 2. The summed E-state index contributed by atoms with van der Waals surface area (Å²) in [6.45, 7) is 4.87. The van der Waals surface area contributed by atoms with Gasteiger partial charge >= 0.3 is 0 Å². The third-order valence-corrected chi connectivity index (χ3v) is 5.23. The largest absolute Gasteiger partial charge is 0.485 e. The molecule has 1 heterocycles. The van der Waals surface area contributed by atoms with E-state index in [1.807, 2.05) is 0 Å². The number of amides is 1. The van der Waals surface area contributed by atoms with Gasteiger partial charge < -0.3 is 15.2 Å². The molecule has 3 rings (SSSR count). The highest BCUT2D eigenvalue weighted by atomic mass is 79.9. The lowest BCUT2D eigenvalue weighted by molar-refractivity contribution is -0.0627. The van der Waals surface area contributed by atoms with E-state index in [0.717, 1.165) is 0 Å². The van der Waals surface area contributed by atoms with Gasteiger partial charge in [-0.1, -0.05) is 0 Å². The van der Waals surface area contributed by atoms with Crippen LogP contribution in [0.3, 0.4) is 0 Å². The molecule has 1 aliphatic rings. The molecule has 2 aromatic rings. The van der Waals surface area contributed by atoms with Crippen LogP contribution in [-0.4, -0.2) is 28.5 Å². The van der Waals surface area contributed by atoms with E-state index in [1.54, 1.807) is 32.0 Å². The number of aliphatic hydroxyl groups is 1. The van der Waals surface area contributed by atoms with Crippen molar-refractivity contribution in [1.29, 1.82) is 0 Å². The molecule has 2 atom stereocenters. The van der Waals surface area contributed by atoms with Gasteiger partial charge in [0.2, 0.25) is 0 Å². The van der Waals surface area contributed by atoms with E-state index >= 15 is 0 Å². The highest BCUT2D eigenvalue weighted by Crippen LogP contribution is 2.40. The lowest BCUT2D eigenvalue weighted by Gasteiger charge is -2.42. The molecular weight excluding hydrogens is 417 g/mol. The molecule has 1 amide bonds. The summed E-state index contributed by atoms with van der Waals surface area (Å²) in [5.41, 5.74) is 0.257. The van der Waals surface area contributed by atoms with Crippen molar-refractivity contribution in [1.82, 2.24) is 5.32 Å². The van der Waals surface area contributed by atoms with Crippen LogP contribution in [0.15, 0.2) is 40.9 Å². The van der Waals surface area contributed by atoms with Gasteiger partial charge in [-0.05, 0) is 73.1 Å². The van der Waals surface area contributed by atoms with Gasteiger partial charge in [-0.25, -0.2) is 4.39 Å². The van der Waals surface area contributed by atoms with Crippen LogP contribution >= 0.6 is 15.9 Å². The van der Waals surface area contributed by atoms with E-state index in [1.165, 1.54) is 25.1 Å². The molecular formula is C20H19BrFNO4. The summed E-state index contributed by atoms with van der Waals surface area (Å²) in [7, 11) is 0. The Bertz CT molecular complexity index is 928. The Morgan fingerprint density at radius 2 is 1.85 bits per heavy atom. The van der Waals surface area contributed by atoms with Gasteiger partial charge in [0.1, 0.15) is 23.3 Å². The zero-order chi connectivity index (χ0) is 19.9. The number of rotatable bonds is 3. The van der Waals surface area contributed by atoms with Crippen LogP contribution in [0.2, 0.25) is 0 Å². The molecule has 0 aliphatic carbocycles. The van der Waals surface area contributed by atoms with Crippen LogP contribution in [0.4, 0.5) is 4.39 Å². The number of nitrogens with one attached hydrogen (secondary N) is 1. The lowest BCUT2D eigenvalue weighted by Crippen LogP contribution is -2.53. The van der Waals surface area contributed by atoms with E-state index in [0.29, 0.717) is 16.9 Å². The topological polar surface area (TPSA) is 75.6 Å². The van der Waals surface area contributed by atoms with Crippen LogP contribution in [-0.2, 0) is 0 Å². The normalized spacial score (nSPS) is 20.4. The fraction of sp³-hybridized carbons (Fsp3) is 0.300. The van der Waals surface area contributed by atoms with Gasteiger partial charge in [-0.2, -0.15) is 0 Å². The van der Waals surface area contributed by atoms with Crippen molar-refractivity contribution >= 4 is 27.6 Å². The molecule has 0 spiro atoms. The summed E-state index contributed by atoms with van der Waals surface area (Å²) in [5.74, 6) is -0.600. The Balaban J connectivity index is 2.00. The smallest absolute Gasteiger partial charge is 0.251 e. The molecule has 0 fully saturated rings. The standard InChI is InChI=1S/C20H19BrFNO4/c1-10(24)11-5-7-16-13(8-11)17(18(25)20(2,3)27-16)23-19(26)12-4-6-15(22)14(21)9-12/h4-9,17-18,25H,1-3H3,(H,23,26)/t17-,18+/m1/s1. The van der Waals surface area contributed by atoms with E-state index in [9.17, 15) is 19.1 Å².